The van der Waals surface area contributed by atoms with Gasteiger partial charge in [0.1, 0.15) is 12.4 Å². The molecule has 0 heterocycles. The van der Waals surface area contributed by atoms with Crippen molar-refractivity contribution in [3.63, 3.8) is 0 Å². The van der Waals surface area contributed by atoms with Crippen LogP contribution in [-0.2, 0) is 6.54 Å². The molecule has 1 aromatic carbocycles. The van der Waals surface area contributed by atoms with E-state index >= 15 is 0 Å². The highest BCUT2D eigenvalue weighted by Crippen LogP contribution is 2.17. The molecule has 0 aliphatic carbocycles. The fourth-order valence-corrected chi connectivity index (χ4v) is 1.01. The Morgan fingerprint density at radius 2 is 2.15 bits per heavy atom. The maximum Gasteiger partial charge on any atom is 0.124 e. The summed E-state index contributed by atoms with van der Waals surface area (Å²) in [5.74, 6) is 0.855. The van der Waals surface area contributed by atoms with Crippen LogP contribution in [-0.4, -0.2) is 6.61 Å². The maximum atomic E-state index is 5.55. The summed E-state index contributed by atoms with van der Waals surface area (Å²) in [5, 5.41) is 0. The van der Waals surface area contributed by atoms with E-state index in [4.69, 9.17) is 10.5 Å². The zero-order valence-corrected chi connectivity index (χ0v) is 7.92. The molecule has 0 aromatic heterocycles. The molecule has 0 unspecified atom stereocenters. The van der Waals surface area contributed by atoms with Crippen LogP contribution in [0, 0.1) is 0 Å². The Kier molecular flexibility index (Phi) is 3.53. The van der Waals surface area contributed by atoms with E-state index in [0.717, 1.165) is 16.9 Å². The second kappa shape index (κ2) is 4.67. The summed E-state index contributed by atoms with van der Waals surface area (Å²) in [6.07, 6.45) is 0. The van der Waals surface area contributed by atoms with Gasteiger partial charge in [0.25, 0.3) is 0 Å². The van der Waals surface area contributed by atoms with E-state index in [2.05, 4.69) is 6.58 Å². The Morgan fingerprint density at radius 3 is 2.77 bits per heavy atom. The molecule has 0 radical (unpaired) electrons. The van der Waals surface area contributed by atoms with Crippen molar-refractivity contribution >= 4 is 0 Å². The van der Waals surface area contributed by atoms with E-state index in [1.807, 2.05) is 31.2 Å². The van der Waals surface area contributed by atoms with Gasteiger partial charge in [-0.25, -0.2) is 0 Å². The van der Waals surface area contributed by atoms with Crippen molar-refractivity contribution in [1.29, 1.82) is 0 Å². The van der Waals surface area contributed by atoms with Gasteiger partial charge in [0.05, 0.1) is 0 Å². The average molecular weight is 177 g/mol. The first kappa shape index (κ1) is 9.81. The summed E-state index contributed by atoms with van der Waals surface area (Å²) < 4.78 is 5.51. The number of nitrogens with two attached hydrogens (primary N) is 1. The normalized spacial score (nSPS) is 9.69. The highest BCUT2D eigenvalue weighted by Gasteiger charge is 1.99. The molecular formula is C11H15NO. The van der Waals surface area contributed by atoms with Gasteiger partial charge in [-0.3, -0.25) is 0 Å². The number of ether oxygens (including phenoxy) is 1. The zero-order chi connectivity index (χ0) is 9.68. The summed E-state index contributed by atoms with van der Waals surface area (Å²) in [7, 11) is 0. The summed E-state index contributed by atoms with van der Waals surface area (Å²) in [5.41, 5.74) is 7.59. The van der Waals surface area contributed by atoms with Crippen LogP contribution in [0.4, 0.5) is 0 Å². The Morgan fingerprint density at radius 1 is 1.46 bits per heavy atom. The van der Waals surface area contributed by atoms with Crippen molar-refractivity contribution in [1.82, 2.24) is 0 Å². The lowest BCUT2D eigenvalue weighted by Gasteiger charge is -2.09. The van der Waals surface area contributed by atoms with Crippen molar-refractivity contribution < 1.29 is 4.74 Å². The number of hydrogen-bond donors (Lipinski definition) is 1. The lowest BCUT2D eigenvalue weighted by Crippen LogP contribution is -2.03. The summed E-state index contributed by atoms with van der Waals surface area (Å²) >= 11 is 0. The van der Waals surface area contributed by atoms with E-state index in [9.17, 15) is 0 Å². The molecule has 0 amide bonds. The van der Waals surface area contributed by atoms with E-state index in [0.29, 0.717) is 13.2 Å². The molecule has 70 valence electrons. The van der Waals surface area contributed by atoms with Crippen LogP contribution in [0.3, 0.4) is 0 Å². The molecule has 0 fully saturated rings. The van der Waals surface area contributed by atoms with Crippen molar-refractivity contribution in [3.8, 4) is 5.75 Å². The third kappa shape index (κ3) is 2.92. The molecule has 0 saturated heterocycles. The highest BCUT2D eigenvalue weighted by atomic mass is 16.5. The van der Waals surface area contributed by atoms with Crippen molar-refractivity contribution in [2.24, 2.45) is 5.73 Å². The van der Waals surface area contributed by atoms with Crippen molar-refractivity contribution in [2.45, 2.75) is 13.5 Å². The maximum absolute atomic E-state index is 5.55. The third-order valence-corrected chi connectivity index (χ3v) is 1.67. The van der Waals surface area contributed by atoms with Gasteiger partial charge < -0.3 is 10.5 Å². The number of para-hydroxylation sites is 1. The molecule has 1 rings (SSSR count). The standard InChI is InChI=1S/C11H15NO/c1-9(2)8-13-11-6-4-3-5-10(11)7-12/h3-6H,1,7-8,12H2,2H3. The Labute approximate surface area is 79.0 Å². The first-order chi connectivity index (χ1) is 6.24. The van der Waals surface area contributed by atoms with Gasteiger partial charge in [0, 0.05) is 12.1 Å². The van der Waals surface area contributed by atoms with E-state index < -0.39 is 0 Å². The molecule has 0 spiro atoms. The Hall–Kier alpha value is -1.28. The van der Waals surface area contributed by atoms with E-state index in [1.54, 1.807) is 0 Å². The first-order valence-corrected chi connectivity index (χ1v) is 4.29. The SMILES string of the molecule is C=C(C)COc1ccccc1CN. The predicted molar refractivity (Wildman–Crippen MR) is 54.6 cm³/mol. The quantitative estimate of drug-likeness (QED) is 0.715. The molecule has 1 aromatic rings. The number of benzene rings is 1. The molecule has 0 aliphatic heterocycles. The third-order valence-electron chi connectivity index (χ3n) is 1.67. The van der Waals surface area contributed by atoms with Gasteiger partial charge in [-0.15, -0.1) is 0 Å². The topological polar surface area (TPSA) is 35.2 Å². The van der Waals surface area contributed by atoms with Crippen molar-refractivity contribution in [2.75, 3.05) is 6.61 Å². The van der Waals surface area contributed by atoms with Crippen LogP contribution >= 0.6 is 0 Å². The van der Waals surface area contributed by atoms with Gasteiger partial charge in [-0.2, -0.15) is 0 Å². The molecule has 0 saturated carbocycles. The first-order valence-electron chi connectivity index (χ1n) is 4.29. The largest absolute Gasteiger partial charge is 0.489 e. The minimum absolute atomic E-state index is 0.506. The van der Waals surface area contributed by atoms with E-state index in [-0.39, 0.29) is 0 Å². The van der Waals surface area contributed by atoms with Crippen molar-refractivity contribution in [3.05, 3.63) is 42.0 Å². The Bertz CT molecular complexity index is 294. The van der Waals surface area contributed by atoms with Gasteiger partial charge in [0.2, 0.25) is 0 Å². The second-order valence-electron chi connectivity index (χ2n) is 3.06. The van der Waals surface area contributed by atoms with Gasteiger partial charge in [0.15, 0.2) is 0 Å². The van der Waals surface area contributed by atoms with Crippen LogP contribution < -0.4 is 10.5 Å². The molecule has 0 aliphatic rings. The minimum Gasteiger partial charge on any atom is -0.489 e. The van der Waals surface area contributed by atoms with Crippen LogP contribution in [0.25, 0.3) is 0 Å². The molecule has 0 atom stereocenters. The number of rotatable bonds is 4. The lowest BCUT2D eigenvalue weighted by atomic mass is 10.2. The molecule has 13 heavy (non-hydrogen) atoms. The monoisotopic (exact) mass is 177 g/mol. The van der Waals surface area contributed by atoms with Crippen LogP contribution in [0.2, 0.25) is 0 Å². The fraction of sp³-hybridized carbons (Fsp3) is 0.273. The Balaban J connectivity index is 2.69. The number of hydrogen-bond acceptors (Lipinski definition) is 2. The smallest absolute Gasteiger partial charge is 0.124 e. The van der Waals surface area contributed by atoms with Crippen LogP contribution in [0.5, 0.6) is 5.75 Å². The molecule has 2 heteroatoms. The van der Waals surface area contributed by atoms with Crippen LogP contribution in [0.15, 0.2) is 36.4 Å². The van der Waals surface area contributed by atoms with E-state index in [1.165, 1.54) is 0 Å². The molecule has 2 nitrogen and oxygen atoms in total. The molecule has 2 N–H and O–H groups in total. The van der Waals surface area contributed by atoms with Crippen LogP contribution in [0.1, 0.15) is 12.5 Å². The molecule has 0 bridgehead atoms. The minimum atomic E-state index is 0.506. The summed E-state index contributed by atoms with van der Waals surface area (Å²) in [6.45, 7) is 6.76. The molecular weight excluding hydrogens is 162 g/mol. The highest BCUT2D eigenvalue weighted by molar-refractivity contribution is 5.33. The lowest BCUT2D eigenvalue weighted by molar-refractivity contribution is 0.349. The van der Waals surface area contributed by atoms with Gasteiger partial charge in [-0.05, 0) is 18.6 Å². The predicted octanol–water partition coefficient (Wildman–Crippen LogP) is 2.10. The zero-order valence-electron chi connectivity index (χ0n) is 7.92. The van der Waals surface area contributed by atoms with Gasteiger partial charge >= 0.3 is 0 Å². The summed E-state index contributed by atoms with van der Waals surface area (Å²) in [6, 6.07) is 7.78. The summed E-state index contributed by atoms with van der Waals surface area (Å²) in [4.78, 5) is 0. The average Bonchev–Trinajstić information content (AvgIpc) is 2.15. The fourth-order valence-electron chi connectivity index (χ4n) is 1.01. The van der Waals surface area contributed by atoms with Gasteiger partial charge in [-0.1, -0.05) is 24.8 Å². The second-order valence-corrected chi connectivity index (χ2v) is 3.06.